The SMILES string of the molecule is Cc1cc(F)cc(C)c1C(N)c1sccc1Br. The van der Waals surface area contributed by atoms with Crippen LogP contribution in [0.1, 0.15) is 27.6 Å². The molecule has 0 spiro atoms. The average Bonchev–Trinajstić information content (AvgIpc) is 2.62. The van der Waals surface area contributed by atoms with Crippen molar-refractivity contribution in [1.82, 2.24) is 0 Å². The molecule has 17 heavy (non-hydrogen) atoms. The number of hydrogen-bond acceptors (Lipinski definition) is 2. The second-order valence-corrected chi connectivity index (χ2v) is 5.87. The van der Waals surface area contributed by atoms with Crippen LogP contribution in [0.3, 0.4) is 0 Å². The first-order chi connectivity index (χ1) is 8.00. The quantitative estimate of drug-likeness (QED) is 0.878. The highest BCUT2D eigenvalue weighted by atomic mass is 79.9. The second-order valence-electron chi connectivity index (χ2n) is 4.06. The maximum Gasteiger partial charge on any atom is 0.123 e. The summed E-state index contributed by atoms with van der Waals surface area (Å²) in [5, 5.41) is 1.99. The van der Waals surface area contributed by atoms with E-state index >= 15 is 0 Å². The summed E-state index contributed by atoms with van der Waals surface area (Å²) in [6.45, 7) is 3.79. The molecule has 2 aromatic rings. The van der Waals surface area contributed by atoms with E-state index < -0.39 is 0 Å². The zero-order valence-electron chi connectivity index (χ0n) is 9.63. The average molecular weight is 314 g/mol. The maximum absolute atomic E-state index is 13.2. The van der Waals surface area contributed by atoms with Gasteiger partial charge in [0.1, 0.15) is 5.82 Å². The number of benzene rings is 1. The third kappa shape index (κ3) is 2.44. The maximum atomic E-state index is 13.2. The predicted molar refractivity (Wildman–Crippen MR) is 73.9 cm³/mol. The van der Waals surface area contributed by atoms with Crippen molar-refractivity contribution in [3.05, 3.63) is 55.4 Å². The van der Waals surface area contributed by atoms with E-state index in [4.69, 9.17) is 5.73 Å². The highest BCUT2D eigenvalue weighted by Crippen LogP contribution is 2.34. The summed E-state index contributed by atoms with van der Waals surface area (Å²) in [7, 11) is 0. The van der Waals surface area contributed by atoms with E-state index in [-0.39, 0.29) is 11.9 Å². The van der Waals surface area contributed by atoms with Gasteiger partial charge in [0.15, 0.2) is 0 Å². The predicted octanol–water partition coefficient (Wildman–Crippen LogP) is 4.31. The van der Waals surface area contributed by atoms with Crippen LogP contribution in [0.2, 0.25) is 0 Å². The van der Waals surface area contributed by atoms with E-state index in [0.29, 0.717) is 0 Å². The summed E-state index contributed by atoms with van der Waals surface area (Å²) in [5.74, 6) is -0.207. The standard InChI is InChI=1S/C13H13BrFNS/c1-7-5-9(15)6-8(2)11(7)12(16)13-10(14)3-4-17-13/h3-6,12H,16H2,1-2H3. The van der Waals surface area contributed by atoms with Crippen LogP contribution >= 0.6 is 27.3 Å². The van der Waals surface area contributed by atoms with Crippen LogP contribution in [0, 0.1) is 19.7 Å². The molecule has 0 aliphatic rings. The first-order valence-electron chi connectivity index (χ1n) is 5.26. The highest BCUT2D eigenvalue weighted by molar-refractivity contribution is 9.10. The van der Waals surface area contributed by atoms with Crippen molar-refractivity contribution in [2.75, 3.05) is 0 Å². The topological polar surface area (TPSA) is 26.0 Å². The molecule has 1 aromatic carbocycles. The van der Waals surface area contributed by atoms with E-state index in [1.165, 1.54) is 12.1 Å². The Morgan fingerprint density at radius 1 is 1.29 bits per heavy atom. The molecule has 1 nitrogen and oxygen atoms in total. The fourth-order valence-electron chi connectivity index (χ4n) is 2.07. The van der Waals surface area contributed by atoms with E-state index in [0.717, 1.165) is 26.0 Å². The smallest absolute Gasteiger partial charge is 0.123 e. The van der Waals surface area contributed by atoms with Crippen molar-refractivity contribution in [2.45, 2.75) is 19.9 Å². The van der Waals surface area contributed by atoms with Crippen molar-refractivity contribution >= 4 is 27.3 Å². The molecule has 0 bridgehead atoms. The van der Waals surface area contributed by atoms with Crippen LogP contribution in [0.15, 0.2) is 28.1 Å². The van der Waals surface area contributed by atoms with Gasteiger partial charge >= 0.3 is 0 Å². The van der Waals surface area contributed by atoms with E-state index in [1.807, 2.05) is 25.3 Å². The van der Waals surface area contributed by atoms with Crippen molar-refractivity contribution in [3.63, 3.8) is 0 Å². The number of halogens is 2. The molecular formula is C13H13BrFNS. The second kappa shape index (κ2) is 4.88. The molecule has 2 N–H and O–H groups in total. The van der Waals surface area contributed by atoms with Gasteiger partial charge < -0.3 is 5.73 Å². The zero-order valence-corrected chi connectivity index (χ0v) is 12.0. The Bertz CT molecular complexity index is 527. The van der Waals surface area contributed by atoms with Gasteiger partial charge in [0.05, 0.1) is 6.04 Å². The minimum atomic E-state index is -0.207. The van der Waals surface area contributed by atoms with Gasteiger partial charge in [-0.05, 0) is 70.0 Å². The Morgan fingerprint density at radius 3 is 2.35 bits per heavy atom. The Balaban J connectivity index is 2.51. The normalized spacial score (nSPS) is 12.8. The Morgan fingerprint density at radius 2 is 1.88 bits per heavy atom. The van der Waals surface area contributed by atoms with Gasteiger partial charge in [0, 0.05) is 9.35 Å². The summed E-state index contributed by atoms with van der Waals surface area (Å²) in [4.78, 5) is 1.07. The lowest BCUT2D eigenvalue weighted by molar-refractivity contribution is 0.623. The van der Waals surface area contributed by atoms with Crippen LogP contribution in [-0.4, -0.2) is 0 Å². The molecule has 0 aliphatic carbocycles. The van der Waals surface area contributed by atoms with Crippen LogP contribution in [0.5, 0.6) is 0 Å². The number of nitrogens with two attached hydrogens (primary N) is 1. The molecule has 1 atom stereocenters. The largest absolute Gasteiger partial charge is 0.320 e. The highest BCUT2D eigenvalue weighted by Gasteiger charge is 2.18. The van der Waals surface area contributed by atoms with Crippen LogP contribution < -0.4 is 5.73 Å². The number of rotatable bonds is 2. The van der Waals surface area contributed by atoms with E-state index in [2.05, 4.69) is 15.9 Å². The summed E-state index contributed by atoms with van der Waals surface area (Å²) < 4.78 is 14.3. The van der Waals surface area contributed by atoms with Gasteiger partial charge in [-0.25, -0.2) is 4.39 Å². The summed E-state index contributed by atoms with van der Waals surface area (Å²) in [6, 6.07) is 4.84. The molecule has 0 aliphatic heterocycles. The van der Waals surface area contributed by atoms with Crippen LogP contribution in [0.4, 0.5) is 4.39 Å². The molecule has 0 saturated carbocycles. The van der Waals surface area contributed by atoms with Crippen molar-refractivity contribution in [3.8, 4) is 0 Å². The minimum absolute atomic E-state index is 0.204. The van der Waals surface area contributed by atoms with E-state index in [1.54, 1.807) is 11.3 Å². The summed E-state index contributed by atoms with van der Waals surface area (Å²) in [6.07, 6.45) is 0. The van der Waals surface area contributed by atoms with Crippen molar-refractivity contribution in [1.29, 1.82) is 0 Å². The summed E-state index contributed by atoms with van der Waals surface area (Å²) >= 11 is 5.09. The number of aryl methyl sites for hydroxylation is 2. The molecule has 0 saturated heterocycles. The molecular weight excluding hydrogens is 301 g/mol. The molecule has 0 amide bonds. The third-order valence-corrected chi connectivity index (χ3v) is 4.75. The molecule has 4 heteroatoms. The fraction of sp³-hybridized carbons (Fsp3) is 0.231. The molecule has 1 heterocycles. The molecule has 0 fully saturated rings. The lowest BCUT2D eigenvalue weighted by atomic mass is 9.95. The van der Waals surface area contributed by atoms with Gasteiger partial charge in [0.25, 0.3) is 0 Å². The number of hydrogen-bond donors (Lipinski definition) is 1. The Hall–Kier alpha value is -0.710. The molecule has 2 rings (SSSR count). The van der Waals surface area contributed by atoms with E-state index in [9.17, 15) is 4.39 Å². The van der Waals surface area contributed by atoms with Crippen LogP contribution in [0.25, 0.3) is 0 Å². The first-order valence-corrected chi connectivity index (χ1v) is 6.93. The first kappa shape index (κ1) is 12.7. The third-order valence-electron chi connectivity index (χ3n) is 2.80. The Kier molecular flexibility index (Phi) is 3.66. The minimum Gasteiger partial charge on any atom is -0.320 e. The van der Waals surface area contributed by atoms with Gasteiger partial charge in [-0.2, -0.15) is 0 Å². The lowest BCUT2D eigenvalue weighted by Gasteiger charge is -2.17. The molecule has 90 valence electrons. The van der Waals surface area contributed by atoms with Crippen LogP contribution in [-0.2, 0) is 0 Å². The van der Waals surface area contributed by atoms with Gasteiger partial charge in [-0.3, -0.25) is 0 Å². The molecule has 1 unspecified atom stereocenters. The van der Waals surface area contributed by atoms with Gasteiger partial charge in [0.2, 0.25) is 0 Å². The van der Waals surface area contributed by atoms with Gasteiger partial charge in [-0.1, -0.05) is 0 Å². The van der Waals surface area contributed by atoms with Crippen molar-refractivity contribution < 1.29 is 4.39 Å². The lowest BCUT2D eigenvalue weighted by Crippen LogP contribution is -2.14. The fourth-order valence-corrected chi connectivity index (χ4v) is 3.70. The Labute approximate surface area is 113 Å². The number of thiophene rings is 1. The molecule has 0 radical (unpaired) electrons. The summed E-state index contributed by atoms with van der Waals surface area (Å²) in [5.41, 5.74) is 9.08. The zero-order chi connectivity index (χ0) is 12.6. The van der Waals surface area contributed by atoms with Gasteiger partial charge in [-0.15, -0.1) is 11.3 Å². The van der Waals surface area contributed by atoms with Crippen molar-refractivity contribution in [2.24, 2.45) is 5.73 Å². The molecule has 1 aromatic heterocycles. The monoisotopic (exact) mass is 313 g/mol.